The molecule has 0 bridgehead atoms. The first-order chi connectivity index (χ1) is 16.7. The quantitative estimate of drug-likeness (QED) is 0.262. The van der Waals surface area contributed by atoms with Crippen molar-refractivity contribution in [2.24, 2.45) is 0 Å². The third-order valence-electron chi connectivity index (χ3n) is 5.67. The van der Waals surface area contributed by atoms with Crippen molar-refractivity contribution in [1.29, 1.82) is 15.8 Å². The molecule has 0 amide bonds. The number of hydrogen-bond acceptors (Lipinski definition) is 5. The van der Waals surface area contributed by atoms with Gasteiger partial charge in [0.1, 0.15) is 12.1 Å². The number of allylic oxidation sites excluding steroid dienone is 1. The summed E-state index contributed by atoms with van der Waals surface area (Å²) in [6, 6.07) is 29.6. The number of rotatable bonds is 2. The molecule has 0 saturated carbocycles. The van der Waals surface area contributed by atoms with Gasteiger partial charge < -0.3 is 0 Å². The molecule has 154 valence electrons. The van der Waals surface area contributed by atoms with E-state index in [0.717, 1.165) is 22.3 Å². The van der Waals surface area contributed by atoms with Gasteiger partial charge in [0.05, 0.1) is 24.0 Å². The summed E-state index contributed by atoms with van der Waals surface area (Å²) in [7, 11) is 0. The van der Waals surface area contributed by atoms with Gasteiger partial charge in [-0.15, -0.1) is 0 Å². The molecular formula is C28H12N6. The maximum Gasteiger partial charge on any atom is 0.271 e. The van der Waals surface area contributed by atoms with Gasteiger partial charge >= 0.3 is 0 Å². The standard InChI is InChI=1S/C28H12N6/c1-32-25(16-31)26-22-13-20(19-9-7-18(8-10-19)17-5-3-2-4-6-17)11-12-21(22)27-28(26)34-24(15-30)23(14-29)33-27/h2-13H/b26-25+. The Kier molecular flexibility index (Phi) is 4.89. The summed E-state index contributed by atoms with van der Waals surface area (Å²) in [5, 5.41) is 28.4. The summed E-state index contributed by atoms with van der Waals surface area (Å²) < 4.78 is 0. The van der Waals surface area contributed by atoms with E-state index in [0.29, 0.717) is 22.4 Å². The SMILES string of the molecule is [C-]#[N+]/C(C#N)=C1\c2cc(-c3ccc(-c4ccccc4)cc3)ccc2-c2nc(C#N)c(C#N)nc21. The molecule has 34 heavy (non-hydrogen) atoms. The van der Waals surface area contributed by atoms with Crippen LogP contribution in [-0.4, -0.2) is 9.97 Å². The Bertz CT molecular complexity index is 1650. The first-order valence-corrected chi connectivity index (χ1v) is 10.2. The fraction of sp³-hybridized carbons (Fsp3) is 0. The van der Waals surface area contributed by atoms with E-state index in [1.54, 1.807) is 0 Å². The van der Waals surface area contributed by atoms with E-state index in [1.807, 2.05) is 78.9 Å². The Morgan fingerprint density at radius 1 is 0.676 bits per heavy atom. The number of nitrogens with zero attached hydrogens (tertiary/aromatic N) is 6. The smallest absolute Gasteiger partial charge is 0.233 e. The van der Waals surface area contributed by atoms with E-state index in [4.69, 9.17) is 6.57 Å². The third kappa shape index (κ3) is 3.17. The Labute approximate surface area is 195 Å². The zero-order valence-electron chi connectivity index (χ0n) is 17.6. The third-order valence-corrected chi connectivity index (χ3v) is 5.67. The summed E-state index contributed by atoms with van der Waals surface area (Å²) in [5.74, 6) is 0. The van der Waals surface area contributed by atoms with Crippen LogP contribution in [0.1, 0.15) is 22.6 Å². The van der Waals surface area contributed by atoms with Crippen LogP contribution in [0.5, 0.6) is 0 Å². The van der Waals surface area contributed by atoms with Crippen LogP contribution in [0, 0.1) is 40.6 Å². The largest absolute Gasteiger partial charge is 0.271 e. The van der Waals surface area contributed by atoms with Gasteiger partial charge in [-0.1, -0.05) is 66.7 Å². The van der Waals surface area contributed by atoms with E-state index >= 15 is 0 Å². The van der Waals surface area contributed by atoms with Crippen molar-refractivity contribution < 1.29 is 0 Å². The molecule has 0 unspecified atom stereocenters. The highest BCUT2D eigenvalue weighted by atomic mass is 14.9. The van der Waals surface area contributed by atoms with Crippen molar-refractivity contribution in [1.82, 2.24) is 9.97 Å². The monoisotopic (exact) mass is 432 g/mol. The molecule has 6 nitrogen and oxygen atoms in total. The van der Waals surface area contributed by atoms with Crippen LogP contribution in [0.15, 0.2) is 78.5 Å². The van der Waals surface area contributed by atoms with Crippen molar-refractivity contribution in [2.45, 2.75) is 0 Å². The second-order valence-corrected chi connectivity index (χ2v) is 7.49. The summed E-state index contributed by atoms with van der Waals surface area (Å²) in [6.45, 7) is 7.49. The van der Waals surface area contributed by atoms with Gasteiger partial charge in [0.2, 0.25) is 0 Å². The molecule has 0 radical (unpaired) electrons. The minimum Gasteiger partial charge on any atom is -0.233 e. The minimum absolute atomic E-state index is 0.0876. The van der Waals surface area contributed by atoms with Crippen molar-refractivity contribution in [3.63, 3.8) is 0 Å². The van der Waals surface area contributed by atoms with Gasteiger partial charge in [-0.2, -0.15) is 10.5 Å². The first-order valence-electron chi connectivity index (χ1n) is 10.2. The number of nitriles is 3. The summed E-state index contributed by atoms with van der Waals surface area (Å²) in [4.78, 5) is 12.0. The Morgan fingerprint density at radius 2 is 1.24 bits per heavy atom. The van der Waals surface area contributed by atoms with E-state index in [-0.39, 0.29) is 22.8 Å². The maximum absolute atomic E-state index is 9.60. The lowest BCUT2D eigenvalue weighted by Crippen LogP contribution is -2.00. The fourth-order valence-electron chi connectivity index (χ4n) is 4.08. The molecule has 5 rings (SSSR count). The molecule has 0 fully saturated rings. The molecule has 0 saturated heterocycles. The van der Waals surface area contributed by atoms with Gasteiger partial charge in [0.25, 0.3) is 5.70 Å². The molecular weight excluding hydrogens is 420 g/mol. The number of fused-ring (bicyclic) bond motifs is 3. The van der Waals surface area contributed by atoms with Crippen molar-refractivity contribution in [3.05, 3.63) is 113 Å². The molecule has 0 spiro atoms. The predicted octanol–water partition coefficient (Wildman–Crippen LogP) is 5.74. The molecule has 1 heterocycles. The van der Waals surface area contributed by atoms with Gasteiger partial charge in [-0.25, -0.2) is 20.1 Å². The van der Waals surface area contributed by atoms with Crippen LogP contribution in [-0.2, 0) is 0 Å². The molecule has 4 aromatic rings. The Hall–Kier alpha value is -5.56. The van der Waals surface area contributed by atoms with Gasteiger partial charge in [0, 0.05) is 11.1 Å². The zero-order valence-corrected chi connectivity index (χ0v) is 17.6. The average molecular weight is 432 g/mol. The van der Waals surface area contributed by atoms with Crippen LogP contribution in [0.25, 0.3) is 43.9 Å². The molecule has 6 heteroatoms. The topological polar surface area (TPSA) is 102 Å². The van der Waals surface area contributed by atoms with Gasteiger partial charge in [-0.3, -0.25) is 0 Å². The highest BCUT2D eigenvalue weighted by Crippen LogP contribution is 2.45. The Morgan fingerprint density at radius 3 is 1.82 bits per heavy atom. The van der Waals surface area contributed by atoms with Crippen LogP contribution in [0.3, 0.4) is 0 Å². The van der Waals surface area contributed by atoms with E-state index in [9.17, 15) is 15.8 Å². The number of hydrogen-bond donors (Lipinski definition) is 0. The second-order valence-electron chi connectivity index (χ2n) is 7.49. The fourth-order valence-corrected chi connectivity index (χ4v) is 4.08. The predicted molar refractivity (Wildman–Crippen MR) is 126 cm³/mol. The molecule has 1 aromatic heterocycles. The van der Waals surface area contributed by atoms with Crippen molar-refractivity contribution >= 4 is 5.57 Å². The Balaban J connectivity index is 1.67. The lowest BCUT2D eigenvalue weighted by molar-refractivity contribution is 1.12. The zero-order chi connectivity index (χ0) is 23.7. The summed E-state index contributed by atoms with van der Waals surface area (Å²) in [6.07, 6.45) is 0. The van der Waals surface area contributed by atoms with Gasteiger partial charge in [-0.05, 0) is 33.9 Å². The van der Waals surface area contributed by atoms with E-state index in [2.05, 4.69) is 26.9 Å². The molecule has 1 aliphatic carbocycles. The van der Waals surface area contributed by atoms with Crippen molar-refractivity contribution in [3.8, 4) is 51.7 Å². The lowest BCUT2D eigenvalue weighted by Gasteiger charge is -2.08. The second kappa shape index (κ2) is 8.18. The normalized spacial score (nSPS) is 12.4. The summed E-state index contributed by atoms with van der Waals surface area (Å²) in [5.41, 5.74) is 6.02. The maximum atomic E-state index is 9.60. The highest BCUT2D eigenvalue weighted by Gasteiger charge is 2.31. The van der Waals surface area contributed by atoms with E-state index < -0.39 is 0 Å². The summed E-state index contributed by atoms with van der Waals surface area (Å²) >= 11 is 0. The first kappa shape index (κ1) is 20.3. The van der Waals surface area contributed by atoms with E-state index in [1.165, 1.54) is 0 Å². The van der Waals surface area contributed by atoms with Crippen LogP contribution in [0.2, 0.25) is 0 Å². The van der Waals surface area contributed by atoms with Crippen LogP contribution >= 0.6 is 0 Å². The average Bonchev–Trinajstić information content (AvgIpc) is 3.21. The van der Waals surface area contributed by atoms with Crippen molar-refractivity contribution in [2.75, 3.05) is 0 Å². The van der Waals surface area contributed by atoms with Crippen LogP contribution < -0.4 is 0 Å². The number of benzene rings is 3. The lowest BCUT2D eigenvalue weighted by atomic mass is 9.96. The highest BCUT2D eigenvalue weighted by molar-refractivity contribution is 6.02. The van der Waals surface area contributed by atoms with Gasteiger partial charge in [0.15, 0.2) is 11.4 Å². The molecule has 3 aromatic carbocycles. The molecule has 1 aliphatic rings. The minimum atomic E-state index is -0.139. The number of aromatic nitrogens is 2. The molecule has 0 atom stereocenters. The molecule has 0 N–H and O–H groups in total. The molecule has 0 aliphatic heterocycles. The van der Waals surface area contributed by atoms with Crippen LogP contribution in [0.4, 0.5) is 0 Å².